The van der Waals surface area contributed by atoms with Gasteiger partial charge in [0.05, 0.1) is 16.1 Å². The highest BCUT2D eigenvalue weighted by atomic mass is 35.5. The number of imidazole rings is 1. The number of fused-ring (bicyclic) bond motifs is 1. The van der Waals surface area contributed by atoms with Gasteiger partial charge in [-0.2, -0.15) is 0 Å². The van der Waals surface area contributed by atoms with E-state index in [2.05, 4.69) is 21.5 Å². The quantitative estimate of drug-likeness (QED) is 0.575. The first-order chi connectivity index (χ1) is 13.5. The van der Waals surface area contributed by atoms with Crippen LogP contribution >= 0.6 is 11.6 Å². The summed E-state index contributed by atoms with van der Waals surface area (Å²) < 4.78 is 28.4. The van der Waals surface area contributed by atoms with E-state index in [1.165, 1.54) is 30.7 Å². The molecule has 1 aliphatic heterocycles. The Morgan fingerprint density at radius 1 is 1.07 bits per heavy atom. The predicted octanol–water partition coefficient (Wildman–Crippen LogP) is 5.74. The Morgan fingerprint density at radius 3 is 2.57 bits per heavy atom. The minimum Gasteiger partial charge on any atom is -0.337 e. The van der Waals surface area contributed by atoms with E-state index in [-0.39, 0.29) is 11.2 Å². The average Bonchev–Trinajstić information content (AvgIpc) is 3.27. The van der Waals surface area contributed by atoms with Gasteiger partial charge in [-0.1, -0.05) is 36.9 Å². The number of nitrogens with one attached hydrogen (secondary N) is 2. The fourth-order valence-electron chi connectivity index (χ4n) is 4.11. The lowest BCUT2D eigenvalue weighted by Crippen LogP contribution is -2.31. The van der Waals surface area contributed by atoms with Crippen LogP contribution in [0.5, 0.6) is 0 Å². The fraction of sp³-hybridized carbons (Fsp3) is 0.286. The van der Waals surface area contributed by atoms with Gasteiger partial charge in [-0.3, -0.25) is 10.3 Å². The summed E-state index contributed by atoms with van der Waals surface area (Å²) >= 11 is 6.38. The Morgan fingerprint density at radius 2 is 1.82 bits per heavy atom. The van der Waals surface area contributed by atoms with Gasteiger partial charge in [0.1, 0.15) is 28.4 Å². The van der Waals surface area contributed by atoms with Crippen LogP contribution in [0.2, 0.25) is 5.02 Å². The summed E-state index contributed by atoms with van der Waals surface area (Å²) in [7, 11) is 0. The molecule has 2 N–H and O–H groups in total. The van der Waals surface area contributed by atoms with Gasteiger partial charge < -0.3 is 4.98 Å². The standard InChI is InChI=1S/C21H18ClF2N3O/c22-13-9-12(18-14(23)5-4-6-15(18)24)10-16-19(13)26-20(25-16)17-11-21(28-27-17)7-2-1-3-8-21/h4-6,9-11,27H,1-3,7-8H2,(H,25,26). The third-order valence-corrected chi connectivity index (χ3v) is 5.81. The topological polar surface area (TPSA) is 49.9 Å². The molecular weight excluding hydrogens is 384 g/mol. The van der Waals surface area contributed by atoms with Crippen LogP contribution in [0.25, 0.3) is 27.9 Å². The number of benzene rings is 2. The molecule has 1 fully saturated rings. The van der Waals surface area contributed by atoms with E-state index in [9.17, 15) is 8.78 Å². The number of hydrogen-bond acceptors (Lipinski definition) is 3. The molecule has 2 heterocycles. The van der Waals surface area contributed by atoms with Crippen LogP contribution in [-0.2, 0) is 4.84 Å². The molecule has 3 aromatic rings. The summed E-state index contributed by atoms with van der Waals surface area (Å²) in [5.74, 6) is -0.684. The number of hydroxylamine groups is 1. The van der Waals surface area contributed by atoms with Crippen LogP contribution < -0.4 is 5.48 Å². The molecule has 1 aromatic heterocycles. The number of rotatable bonds is 2. The Bertz CT molecular complexity index is 1080. The zero-order chi connectivity index (χ0) is 19.3. The van der Waals surface area contributed by atoms with Crippen molar-refractivity contribution >= 4 is 28.3 Å². The highest BCUT2D eigenvalue weighted by Crippen LogP contribution is 2.38. The fourth-order valence-corrected chi connectivity index (χ4v) is 4.37. The molecule has 28 heavy (non-hydrogen) atoms. The Balaban J connectivity index is 1.57. The molecule has 0 saturated heterocycles. The van der Waals surface area contributed by atoms with Crippen LogP contribution in [0.15, 0.2) is 36.4 Å². The lowest BCUT2D eigenvalue weighted by atomic mass is 9.84. The first kappa shape index (κ1) is 17.6. The van der Waals surface area contributed by atoms with Crippen molar-refractivity contribution in [2.24, 2.45) is 0 Å². The summed E-state index contributed by atoms with van der Waals surface area (Å²) in [5.41, 5.74) is 4.86. The maximum absolute atomic E-state index is 14.2. The number of aromatic nitrogens is 2. The summed E-state index contributed by atoms with van der Waals surface area (Å²) in [6.45, 7) is 0. The number of hydrogen-bond donors (Lipinski definition) is 2. The second kappa shape index (κ2) is 6.57. The van der Waals surface area contributed by atoms with Gasteiger partial charge in [0.2, 0.25) is 0 Å². The molecular formula is C21H18ClF2N3O. The minimum absolute atomic E-state index is 0.106. The van der Waals surface area contributed by atoms with Crippen molar-refractivity contribution in [3.63, 3.8) is 0 Å². The van der Waals surface area contributed by atoms with Crippen molar-refractivity contribution in [2.75, 3.05) is 0 Å². The molecule has 1 saturated carbocycles. The van der Waals surface area contributed by atoms with Crippen molar-refractivity contribution in [3.05, 3.63) is 58.9 Å². The number of H-pyrrole nitrogens is 1. The smallest absolute Gasteiger partial charge is 0.156 e. The van der Waals surface area contributed by atoms with E-state index in [1.807, 2.05) is 0 Å². The molecule has 2 aromatic carbocycles. The van der Waals surface area contributed by atoms with Gasteiger partial charge in [-0.25, -0.2) is 13.8 Å². The lowest BCUT2D eigenvalue weighted by molar-refractivity contribution is -0.0558. The third-order valence-electron chi connectivity index (χ3n) is 5.52. The first-order valence-electron chi connectivity index (χ1n) is 9.36. The molecule has 7 heteroatoms. The maximum Gasteiger partial charge on any atom is 0.156 e. The van der Waals surface area contributed by atoms with Gasteiger partial charge in [0, 0.05) is 0 Å². The van der Waals surface area contributed by atoms with Crippen LogP contribution in [0.4, 0.5) is 8.78 Å². The van der Waals surface area contributed by atoms with Crippen molar-refractivity contribution in [1.82, 2.24) is 15.4 Å². The van der Waals surface area contributed by atoms with E-state index >= 15 is 0 Å². The van der Waals surface area contributed by atoms with E-state index < -0.39 is 11.6 Å². The molecule has 1 spiro atoms. The second-order valence-electron chi connectivity index (χ2n) is 7.42. The van der Waals surface area contributed by atoms with Crippen molar-refractivity contribution in [3.8, 4) is 11.1 Å². The maximum atomic E-state index is 14.2. The van der Waals surface area contributed by atoms with E-state index in [4.69, 9.17) is 16.4 Å². The predicted molar refractivity (Wildman–Crippen MR) is 104 cm³/mol. The molecule has 0 radical (unpaired) electrons. The normalized spacial score (nSPS) is 18.5. The zero-order valence-electron chi connectivity index (χ0n) is 15.0. The van der Waals surface area contributed by atoms with Crippen molar-refractivity contribution in [1.29, 1.82) is 0 Å². The Kier molecular flexibility index (Phi) is 4.14. The largest absolute Gasteiger partial charge is 0.337 e. The van der Waals surface area contributed by atoms with Gasteiger partial charge in [0.15, 0.2) is 5.82 Å². The molecule has 2 aliphatic rings. The molecule has 0 amide bonds. The van der Waals surface area contributed by atoms with E-state index in [0.717, 1.165) is 31.4 Å². The summed E-state index contributed by atoms with van der Waals surface area (Å²) in [5, 5.41) is 0.324. The van der Waals surface area contributed by atoms with Gasteiger partial charge in [0.25, 0.3) is 0 Å². The first-order valence-corrected chi connectivity index (χ1v) is 9.73. The monoisotopic (exact) mass is 401 g/mol. The number of nitrogens with zero attached hydrogens (tertiary/aromatic N) is 1. The number of halogens is 3. The molecule has 0 unspecified atom stereocenters. The van der Waals surface area contributed by atoms with Crippen LogP contribution in [-0.4, -0.2) is 15.6 Å². The van der Waals surface area contributed by atoms with Gasteiger partial charge in [-0.05, 0) is 48.7 Å². The number of aromatic amines is 1. The Labute approximate surface area is 165 Å². The Hall–Kier alpha value is -2.44. The average molecular weight is 402 g/mol. The van der Waals surface area contributed by atoms with Crippen molar-refractivity contribution in [2.45, 2.75) is 37.7 Å². The summed E-state index contributed by atoms with van der Waals surface area (Å²) in [6.07, 6.45) is 7.52. The molecule has 0 atom stereocenters. The highest BCUT2D eigenvalue weighted by molar-refractivity contribution is 6.35. The SMILES string of the molecule is Fc1cccc(F)c1-c1cc(Cl)c2nc(C3=CC4(CCCCC4)ON3)[nH]c2c1. The lowest BCUT2D eigenvalue weighted by Gasteiger charge is -2.29. The third kappa shape index (κ3) is 2.88. The summed E-state index contributed by atoms with van der Waals surface area (Å²) in [6, 6.07) is 6.98. The molecule has 1 aliphatic carbocycles. The van der Waals surface area contributed by atoms with E-state index in [1.54, 1.807) is 6.07 Å². The van der Waals surface area contributed by atoms with Gasteiger partial charge >= 0.3 is 0 Å². The zero-order valence-corrected chi connectivity index (χ0v) is 15.7. The molecule has 0 bridgehead atoms. The van der Waals surface area contributed by atoms with Gasteiger partial charge in [-0.15, -0.1) is 0 Å². The minimum atomic E-state index is -0.636. The summed E-state index contributed by atoms with van der Waals surface area (Å²) in [4.78, 5) is 13.6. The molecule has 4 nitrogen and oxygen atoms in total. The van der Waals surface area contributed by atoms with Crippen molar-refractivity contribution < 1.29 is 13.6 Å². The highest BCUT2D eigenvalue weighted by Gasteiger charge is 2.37. The van der Waals surface area contributed by atoms with E-state index in [0.29, 0.717) is 27.4 Å². The van der Waals surface area contributed by atoms with Crippen LogP contribution in [0.3, 0.4) is 0 Å². The molecule has 144 valence electrons. The van der Waals surface area contributed by atoms with Crippen LogP contribution in [0, 0.1) is 11.6 Å². The second-order valence-corrected chi connectivity index (χ2v) is 7.83. The van der Waals surface area contributed by atoms with Crippen LogP contribution in [0.1, 0.15) is 37.9 Å². The molecule has 5 rings (SSSR count).